The monoisotopic (exact) mass is 542 g/mol. The van der Waals surface area contributed by atoms with Gasteiger partial charge in [0.15, 0.2) is 0 Å². The van der Waals surface area contributed by atoms with E-state index in [1.54, 1.807) is 0 Å². The molecule has 0 aromatic heterocycles. The number of ether oxygens (including phenoxy) is 5. The Morgan fingerprint density at radius 1 is 0.816 bits per heavy atom. The number of carboxylic acid groups (broad SMARTS) is 1. The highest BCUT2D eigenvalue weighted by molar-refractivity contribution is 5.84. The van der Waals surface area contributed by atoms with E-state index in [-0.39, 0.29) is 18.8 Å². The predicted octanol–water partition coefficient (Wildman–Crippen LogP) is 4.60. The highest BCUT2D eigenvalue weighted by Crippen LogP contribution is 2.22. The lowest BCUT2D eigenvalue weighted by molar-refractivity contribution is -0.185. The van der Waals surface area contributed by atoms with Crippen LogP contribution in [0, 0.1) is 0 Å². The van der Waals surface area contributed by atoms with Crippen LogP contribution in [0.4, 0.5) is 0 Å². The van der Waals surface area contributed by atoms with Gasteiger partial charge in [0.05, 0.1) is 52.9 Å². The van der Waals surface area contributed by atoms with Gasteiger partial charge in [-0.2, -0.15) is 0 Å². The molecule has 0 fully saturated rings. The van der Waals surface area contributed by atoms with Crippen LogP contribution in [0.5, 0.6) is 5.75 Å². The molecular formula is C29H50O9. The predicted molar refractivity (Wildman–Crippen MR) is 147 cm³/mol. The maximum Gasteiger partial charge on any atom is 0.330 e. The molecule has 9 nitrogen and oxygen atoms in total. The summed E-state index contributed by atoms with van der Waals surface area (Å²) < 4.78 is 27.5. The molecule has 220 valence electrons. The van der Waals surface area contributed by atoms with Crippen LogP contribution in [0.2, 0.25) is 0 Å². The lowest BCUT2D eigenvalue weighted by atomic mass is 10.0. The molecule has 0 bridgehead atoms. The van der Waals surface area contributed by atoms with Gasteiger partial charge in [-0.25, -0.2) is 4.79 Å². The van der Waals surface area contributed by atoms with E-state index in [2.05, 4.69) is 13.5 Å². The molecule has 0 spiro atoms. The first-order valence-electron chi connectivity index (χ1n) is 13.6. The zero-order valence-corrected chi connectivity index (χ0v) is 23.4. The van der Waals surface area contributed by atoms with Crippen molar-refractivity contribution >= 4 is 5.97 Å². The summed E-state index contributed by atoms with van der Waals surface area (Å²) in [5, 5.41) is 27.5. The molecular weight excluding hydrogens is 492 g/mol. The van der Waals surface area contributed by atoms with Crippen molar-refractivity contribution in [1.82, 2.24) is 0 Å². The maximum absolute atomic E-state index is 11.0. The van der Waals surface area contributed by atoms with Crippen molar-refractivity contribution in [3.8, 4) is 5.75 Å². The van der Waals surface area contributed by atoms with Crippen molar-refractivity contribution in [2.45, 2.75) is 71.0 Å². The van der Waals surface area contributed by atoms with Gasteiger partial charge in [-0.05, 0) is 25.5 Å². The third-order valence-corrected chi connectivity index (χ3v) is 5.27. The highest BCUT2D eigenvalue weighted by Gasteiger charge is 2.29. The van der Waals surface area contributed by atoms with Gasteiger partial charge >= 0.3 is 5.97 Å². The molecule has 0 aliphatic rings. The van der Waals surface area contributed by atoms with Crippen LogP contribution >= 0.6 is 0 Å². The number of para-hydroxylation sites is 1. The van der Waals surface area contributed by atoms with E-state index in [1.807, 2.05) is 30.3 Å². The Hall–Kier alpha value is -2.01. The minimum atomic E-state index is -1.34. The Balaban J connectivity index is 0.00000203. The summed E-state index contributed by atoms with van der Waals surface area (Å²) in [5.74, 6) is -1.64. The lowest BCUT2D eigenvalue weighted by Gasteiger charge is -2.29. The van der Waals surface area contributed by atoms with E-state index in [0.717, 1.165) is 12.8 Å². The maximum atomic E-state index is 11.0. The minimum absolute atomic E-state index is 0.0215. The number of carbonyl (C=O) groups is 1. The minimum Gasteiger partial charge on any atom is -0.478 e. The first-order chi connectivity index (χ1) is 18.3. The van der Waals surface area contributed by atoms with Crippen LogP contribution in [-0.4, -0.2) is 86.5 Å². The van der Waals surface area contributed by atoms with Crippen molar-refractivity contribution in [2.75, 3.05) is 59.5 Å². The molecule has 0 saturated carbocycles. The second-order valence-electron chi connectivity index (χ2n) is 8.93. The van der Waals surface area contributed by atoms with Crippen LogP contribution in [-0.2, 0) is 23.7 Å². The molecule has 0 radical (unpaired) electrons. The average Bonchev–Trinajstić information content (AvgIpc) is 2.89. The number of hydrogen-bond acceptors (Lipinski definition) is 8. The standard InChI is InChI=1S/C25H44O7.C4H6O2/c1-2-3-4-5-6-7-11-14-25(27,32-24-12-9-8-10-13-24)23-31-22-21-30-20-19-29-18-17-28-16-15-26;1-3(2)4(5)6/h8-10,12-13,26-27H,2-7,11,14-23H2,1H3;1H2,2H3,(H,5,6). The van der Waals surface area contributed by atoms with Gasteiger partial charge in [-0.1, -0.05) is 70.2 Å². The van der Waals surface area contributed by atoms with Crippen LogP contribution in [0.3, 0.4) is 0 Å². The van der Waals surface area contributed by atoms with Gasteiger partial charge in [0.1, 0.15) is 12.4 Å². The number of rotatable bonds is 24. The van der Waals surface area contributed by atoms with E-state index in [9.17, 15) is 9.90 Å². The summed E-state index contributed by atoms with van der Waals surface area (Å²) in [6, 6.07) is 9.38. The first kappa shape index (κ1) is 36.0. The molecule has 0 amide bonds. The molecule has 9 heteroatoms. The summed E-state index contributed by atoms with van der Waals surface area (Å²) in [6.07, 6.45) is 8.77. The van der Waals surface area contributed by atoms with Crippen molar-refractivity contribution in [1.29, 1.82) is 0 Å². The van der Waals surface area contributed by atoms with Crippen molar-refractivity contribution < 1.29 is 43.8 Å². The Kier molecular flexibility index (Phi) is 23.9. The molecule has 1 rings (SSSR count). The van der Waals surface area contributed by atoms with Gasteiger partial charge in [0.25, 0.3) is 0 Å². The number of aliphatic hydroxyl groups excluding tert-OH is 1. The Labute approximate surface area is 228 Å². The Morgan fingerprint density at radius 3 is 1.79 bits per heavy atom. The molecule has 38 heavy (non-hydrogen) atoms. The summed E-state index contributed by atoms with van der Waals surface area (Å²) in [6.45, 7) is 9.94. The first-order valence-corrected chi connectivity index (χ1v) is 13.6. The number of carboxylic acids is 1. The highest BCUT2D eigenvalue weighted by atomic mass is 16.7. The van der Waals surface area contributed by atoms with Crippen molar-refractivity contribution in [3.05, 3.63) is 42.5 Å². The van der Waals surface area contributed by atoms with Gasteiger partial charge in [0, 0.05) is 12.0 Å². The molecule has 0 aliphatic carbocycles. The van der Waals surface area contributed by atoms with E-state index >= 15 is 0 Å². The summed E-state index contributed by atoms with van der Waals surface area (Å²) in [7, 11) is 0. The average molecular weight is 543 g/mol. The molecule has 1 atom stereocenters. The van der Waals surface area contributed by atoms with E-state index < -0.39 is 11.8 Å². The third-order valence-electron chi connectivity index (χ3n) is 5.27. The second kappa shape index (κ2) is 25.3. The van der Waals surface area contributed by atoms with Gasteiger partial charge in [0.2, 0.25) is 5.79 Å². The molecule has 0 saturated heterocycles. The van der Waals surface area contributed by atoms with Crippen LogP contribution in [0.25, 0.3) is 0 Å². The molecule has 1 aromatic rings. The number of aliphatic carboxylic acids is 1. The second-order valence-corrected chi connectivity index (χ2v) is 8.93. The third kappa shape index (κ3) is 23.1. The van der Waals surface area contributed by atoms with Gasteiger partial charge in [-0.15, -0.1) is 0 Å². The summed E-state index contributed by atoms with van der Waals surface area (Å²) in [4.78, 5) is 9.60. The zero-order chi connectivity index (χ0) is 28.3. The van der Waals surface area contributed by atoms with Crippen LogP contribution in [0.15, 0.2) is 42.5 Å². The molecule has 0 heterocycles. The van der Waals surface area contributed by atoms with Crippen molar-refractivity contribution in [3.63, 3.8) is 0 Å². The largest absolute Gasteiger partial charge is 0.478 e. The zero-order valence-electron chi connectivity index (χ0n) is 23.4. The Morgan fingerprint density at radius 2 is 1.29 bits per heavy atom. The van der Waals surface area contributed by atoms with E-state index in [1.165, 1.54) is 39.0 Å². The fourth-order valence-corrected chi connectivity index (χ4v) is 3.17. The molecule has 1 aromatic carbocycles. The SMILES string of the molecule is C=C(C)C(=O)O.CCCCCCCCCC(O)(COCCOCCOCCOCCO)Oc1ccccc1. The number of unbranched alkanes of at least 4 members (excludes halogenated alkanes) is 6. The van der Waals surface area contributed by atoms with E-state index in [4.69, 9.17) is 33.9 Å². The van der Waals surface area contributed by atoms with Gasteiger partial charge < -0.3 is 39.0 Å². The molecule has 3 N–H and O–H groups in total. The summed E-state index contributed by atoms with van der Waals surface area (Å²) >= 11 is 0. The fraction of sp³-hybridized carbons (Fsp3) is 0.690. The molecule has 0 aliphatic heterocycles. The van der Waals surface area contributed by atoms with E-state index in [0.29, 0.717) is 58.4 Å². The lowest BCUT2D eigenvalue weighted by Crippen LogP contribution is -2.41. The molecule has 1 unspecified atom stereocenters. The number of hydrogen-bond donors (Lipinski definition) is 3. The van der Waals surface area contributed by atoms with Crippen molar-refractivity contribution in [2.24, 2.45) is 0 Å². The van der Waals surface area contributed by atoms with Crippen LogP contribution in [0.1, 0.15) is 65.2 Å². The van der Waals surface area contributed by atoms with Gasteiger partial charge in [-0.3, -0.25) is 0 Å². The fourth-order valence-electron chi connectivity index (χ4n) is 3.17. The summed E-state index contributed by atoms with van der Waals surface area (Å²) in [5.41, 5.74) is 0.176. The quantitative estimate of drug-likeness (QED) is 0.0976. The smallest absolute Gasteiger partial charge is 0.330 e. The Bertz CT molecular complexity index is 672. The normalized spacial score (nSPS) is 12.3. The number of aliphatic hydroxyl groups is 2. The van der Waals surface area contributed by atoms with Crippen LogP contribution < -0.4 is 4.74 Å². The topological polar surface area (TPSA) is 124 Å². The number of benzene rings is 1.